The highest BCUT2D eigenvalue weighted by atomic mass is 32.2. The van der Waals surface area contributed by atoms with Crippen LogP contribution in [0.1, 0.15) is 25.8 Å². The molecular weight excluding hydrogens is 506 g/mol. The fourth-order valence-corrected chi connectivity index (χ4v) is 4.32. The van der Waals surface area contributed by atoms with Crippen LogP contribution in [0.25, 0.3) is 11.6 Å². The van der Waals surface area contributed by atoms with Crippen LogP contribution in [0.5, 0.6) is 23.1 Å². The molecule has 0 saturated carbocycles. The molecule has 0 aliphatic rings. The molecule has 0 amide bonds. The predicted octanol–water partition coefficient (Wildman–Crippen LogP) is 5.27. The summed E-state index contributed by atoms with van der Waals surface area (Å²) in [7, 11) is -2.55. The van der Waals surface area contributed by atoms with E-state index in [2.05, 4.69) is 38.5 Å². The summed E-state index contributed by atoms with van der Waals surface area (Å²) in [4.78, 5) is 17.5. The first kappa shape index (κ1) is 26.8. The third-order valence-electron chi connectivity index (χ3n) is 5.38. The lowest BCUT2D eigenvalue weighted by molar-refractivity contribution is 0.266. The molecular formula is C27H29N5O5S. The Morgan fingerprint density at radius 3 is 2.24 bits per heavy atom. The Bertz CT molecular complexity index is 1480. The molecule has 11 heteroatoms. The number of hydrogen-bond acceptors (Lipinski definition) is 9. The molecule has 4 aromatic rings. The van der Waals surface area contributed by atoms with Crippen molar-refractivity contribution in [1.29, 1.82) is 0 Å². The zero-order valence-corrected chi connectivity index (χ0v) is 22.4. The molecule has 38 heavy (non-hydrogen) atoms. The molecule has 0 aliphatic carbocycles. The van der Waals surface area contributed by atoms with Crippen molar-refractivity contribution >= 4 is 15.8 Å². The monoisotopic (exact) mass is 535 g/mol. The molecule has 0 fully saturated rings. The van der Waals surface area contributed by atoms with Gasteiger partial charge in [-0.15, -0.1) is 0 Å². The topological polar surface area (TPSA) is 125 Å². The van der Waals surface area contributed by atoms with Crippen LogP contribution in [-0.2, 0) is 10.0 Å². The molecule has 2 aromatic carbocycles. The molecule has 0 spiro atoms. The number of hydrogen-bond donors (Lipinski definition) is 1. The molecule has 0 bridgehead atoms. The molecule has 0 aliphatic heterocycles. The fraction of sp³-hybridized carbons (Fsp3) is 0.259. The van der Waals surface area contributed by atoms with E-state index in [9.17, 15) is 8.42 Å². The van der Waals surface area contributed by atoms with E-state index >= 15 is 0 Å². The summed E-state index contributed by atoms with van der Waals surface area (Å²) in [6.07, 6.45) is 3.82. The quantitative estimate of drug-likeness (QED) is 0.273. The van der Waals surface area contributed by atoms with Crippen LogP contribution in [0.2, 0.25) is 0 Å². The molecule has 0 atom stereocenters. The van der Waals surface area contributed by atoms with Crippen LogP contribution in [0.15, 0.2) is 71.9 Å². The normalized spacial score (nSPS) is 11.3. The van der Waals surface area contributed by atoms with E-state index in [1.54, 1.807) is 54.9 Å². The number of benzene rings is 2. The van der Waals surface area contributed by atoms with Crippen molar-refractivity contribution in [3.05, 3.63) is 72.6 Å². The second-order valence-corrected chi connectivity index (χ2v) is 10.5. The van der Waals surface area contributed by atoms with Gasteiger partial charge in [0.25, 0.3) is 15.9 Å². The minimum absolute atomic E-state index is 0.0198. The molecule has 0 saturated heterocycles. The first-order chi connectivity index (χ1) is 18.3. The minimum atomic E-state index is -4.06. The molecule has 0 unspecified atom stereocenters. The van der Waals surface area contributed by atoms with Gasteiger partial charge in [-0.25, -0.2) is 23.4 Å². The third-order valence-corrected chi connectivity index (χ3v) is 6.73. The van der Waals surface area contributed by atoms with Crippen molar-refractivity contribution in [2.45, 2.75) is 32.1 Å². The molecule has 2 heterocycles. The Labute approximate surface area is 222 Å². The minimum Gasteiger partial charge on any atom is -0.493 e. The van der Waals surface area contributed by atoms with E-state index in [0.29, 0.717) is 24.0 Å². The Morgan fingerprint density at radius 1 is 0.895 bits per heavy atom. The summed E-state index contributed by atoms with van der Waals surface area (Å²) >= 11 is 0. The first-order valence-corrected chi connectivity index (χ1v) is 13.5. The maximum atomic E-state index is 13.4. The van der Waals surface area contributed by atoms with E-state index in [0.717, 1.165) is 12.0 Å². The van der Waals surface area contributed by atoms with Gasteiger partial charge < -0.3 is 14.2 Å². The van der Waals surface area contributed by atoms with Crippen molar-refractivity contribution in [1.82, 2.24) is 19.9 Å². The zero-order valence-electron chi connectivity index (χ0n) is 21.6. The van der Waals surface area contributed by atoms with E-state index in [4.69, 9.17) is 14.2 Å². The van der Waals surface area contributed by atoms with E-state index in [1.807, 2.05) is 6.92 Å². The van der Waals surface area contributed by atoms with Crippen molar-refractivity contribution < 1.29 is 22.6 Å². The van der Waals surface area contributed by atoms with Gasteiger partial charge in [0.2, 0.25) is 11.6 Å². The number of nitrogens with one attached hydrogen (secondary N) is 1. The van der Waals surface area contributed by atoms with Crippen LogP contribution in [0.3, 0.4) is 0 Å². The maximum Gasteiger partial charge on any atom is 0.263 e. The number of anilines is 1. The van der Waals surface area contributed by atoms with Crippen molar-refractivity contribution in [2.24, 2.45) is 5.92 Å². The van der Waals surface area contributed by atoms with Gasteiger partial charge in [-0.1, -0.05) is 43.7 Å². The largest absolute Gasteiger partial charge is 0.493 e. The SMILES string of the molecule is COc1ccccc1Oc1c(NS(=O)(=O)c2ccc(C)cc2)nc(-c2ncccn2)nc1OCCC(C)C. The fourth-order valence-electron chi connectivity index (χ4n) is 3.31. The van der Waals surface area contributed by atoms with Gasteiger partial charge in [0.1, 0.15) is 0 Å². The average molecular weight is 536 g/mol. The molecule has 4 rings (SSSR count). The summed E-state index contributed by atoms with van der Waals surface area (Å²) in [5.74, 6) is 1.28. The van der Waals surface area contributed by atoms with Crippen LogP contribution in [0.4, 0.5) is 5.82 Å². The molecule has 10 nitrogen and oxygen atoms in total. The molecule has 2 aromatic heterocycles. The van der Waals surface area contributed by atoms with Crippen molar-refractivity contribution in [2.75, 3.05) is 18.4 Å². The summed E-state index contributed by atoms with van der Waals surface area (Å²) in [5, 5.41) is 0. The van der Waals surface area contributed by atoms with Crippen LogP contribution in [0, 0.1) is 12.8 Å². The number of para-hydroxylation sites is 2. The first-order valence-electron chi connectivity index (χ1n) is 12.0. The Balaban J connectivity index is 1.87. The maximum absolute atomic E-state index is 13.4. The van der Waals surface area contributed by atoms with Crippen LogP contribution in [-0.4, -0.2) is 42.1 Å². The van der Waals surface area contributed by atoms with Gasteiger partial charge in [0.05, 0.1) is 18.6 Å². The van der Waals surface area contributed by atoms with Gasteiger partial charge in [-0.3, -0.25) is 4.72 Å². The van der Waals surface area contributed by atoms with Crippen molar-refractivity contribution in [3.63, 3.8) is 0 Å². The number of sulfonamides is 1. The Kier molecular flexibility index (Phi) is 8.37. The number of nitrogens with zero attached hydrogens (tertiary/aromatic N) is 4. The second-order valence-electron chi connectivity index (χ2n) is 8.80. The number of rotatable bonds is 11. The highest BCUT2D eigenvalue weighted by Gasteiger charge is 2.26. The van der Waals surface area contributed by atoms with E-state index < -0.39 is 10.0 Å². The standard InChI is InChI=1S/C27H29N5O5S/c1-18(2)14-17-36-27-23(37-22-9-6-5-8-21(22)35-4)24(30-26(31-27)25-28-15-7-16-29-25)32-38(33,34)20-12-10-19(3)11-13-20/h5-13,15-16,18H,14,17H2,1-4H3,(H,30,31,32). The average Bonchev–Trinajstić information content (AvgIpc) is 2.90. The lowest BCUT2D eigenvalue weighted by Gasteiger charge is -2.18. The van der Waals surface area contributed by atoms with E-state index in [1.165, 1.54) is 19.2 Å². The summed E-state index contributed by atoms with van der Waals surface area (Å²) in [6.45, 7) is 6.33. The van der Waals surface area contributed by atoms with Crippen LogP contribution >= 0.6 is 0 Å². The van der Waals surface area contributed by atoms with E-state index in [-0.39, 0.29) is 34.0 Å². The number of methoxy groups -OCH3 is 1. The van der Waals surface area contributed by atoms with Gasteiger partial charge in [0, 0.05) is 12.4 Å². The zero-order chi connectivity index (χ0) is 27.1. The van der Waals surface area contributed by atoms with Gasteiger partial charge in [-0.05, 0) is 49.6 Å². The van der Waals surface area contributed by atoms with Gasteiger partial charge in [-0.2, -0.15) is 4.98 Å². The smallest absolute Gasteiger partial charge is 0.263 e. The summed E-state index contributed by atoms with van der Waals surface area (Å²) in [5.41, 5.74) is 0.926. The highest BCUT2D eigenvalue weighted by molar-refractivity contribution is 7.92. The van der Waals surface area contributed by atoms with Gasteiger partial charge >= 0.3 is 0 Å². The Hall–Kier alpha value is -4.25. The summed E-state index contributed by atoms with van der Waals surface area (Å²) < 4.78 is 46.9. The lowest BCUT2D eigenvalue weighted by Crippen LogP contribution is -2.16. The highest BCUT2D eigenvalue weighted by Crippen LogP contribution is 2.41. The molecule has 1 N–H and O–H groups in total. The third kappa shape index (κ3) is 6.54. The number of aromatic nitrogens is 4. The lowest BCUT2D eigenvalue weighted by atomic mass is 10.1. The second kappa shape index (κ2) is 11.9. The Morgan fingerprint density at radius 2 is 1.58 bits per heavy atom. The number of ether oxygens (including phenoxy) is 3. The predicted molar refractivity (Wildman–Crippen MR) is 143 cm³/mol. The van der Waals surface area contributed by atoms with Crippen LogP contribution < -0.4 is 18.9 Å². The number of aryl methyl sites for hydroxylation is 1. The summed E-state index contributed by atoms with van der Waals surface area (Å²) in [6, 6.07) is 15.1. The van der Waals surface area contributed by atoms with Crippen molar-refractivity contribution in [3.8, 4) is 34.8 Å². The van der Waals surface area contributed by atoms with Gasteiger partial charge in [0.15, 0.2) is 23.1 Å². The molecule has 0 radical (unpaired) electrons. The molecule has 198 valence electrons.